The molecule has 0 atom stereocenters. The molecule has 70 valence electrons. The van der Waals surface area contributed by atoms with Crippen LogP contribution in [-0.2, 0) is 19.1 Å². The molecule has 0 fully saturated rings. The molecule has 0 aliphatic heterocycles. The molecule has 0 radical (unpaired) electrons. The Kier molecular flexibility index (Phi) is 2.86. The summed E-state index contributed by atoms with van der Waals surface area (Å²) in [6.07, 6.45) is 0.309. The molecule has 0 saturated carbocycles. The van der Waals surface area contributed by atoms with Crippen molar-refractivity contribution in [1.82, 2.24) is 0 Å². The number of rotatable bonds is 2. The molecule has 8 heteroatoms. The summed E-state index contributed by atoms with van der Waals surface area (Å²) in [6, 6.07) is 0. The van der Waals surface area contributed by atoms with Crippen molar-refractivity contribution in [2.75, 3.05) is 0 Å². The first-order chi connectivity index (χ1) is 5.20. The maximum Gasteiger partial charge on any atom is 0.534 e. The van der Waals surface area contributed by atoms with Crippen molar-refractivity contribution in [2.45, 2.75) is 5.51 Å². The van der Waals surface area contributed by atoms with Gasteiger partial charge in [-0.25, -0.2) is 4.79 Å². The van der Waals surface area contributed by atoms with E-state index in [1.54, 1.807) is 0 Å². The van der Waals surface area contributed by atoms with E-state index >= 15 is 0 Å². The average molecular weight is 204 g/mol. The van der Waals surface area contributed by atoms with Crippen molar-refractivity contribution in [3.05, 3.63) is 12.7 Å². The fraction of sp³-hybridized carbons (Fsp3) is 0.250. The lowest BCUT2D eigenvalue weighted by Gasteiger charge is -2.05. The summed E-state index contributed by atoms with van der Waals surface area (Å²) < 4.78 is 57.3. The van der Waals surface area contributed by atoms with Crippen LogP contribution in [0.15, 0.2) is 12.7 Å². The van der Waals surface area contributed by atoms with Crippen LogP contribution < -0.4 is 0 Å². The van der Waals surface area contributed by atoms with Crippen molar-refractivity contribution < 1.29 is 30.6 Å². The van der Waals surface area contributed by atoms with E-state index in [9.17, 15) is 26.4 Å². The highest BCUT2D eigenvalue weighted by Crippen LogP contribution is 2.24. The topological polar surface area (TPSA) is 60.4 Å². The van der Waals surface area contributed by atoms with E-state index < -0.39 is 21.6 Å². The fourth-order valence-corrected chi connectivity index (χ4v) is 0.568. The van der Waals surface area contributed by atoms with E-state index in [4.69, 9.17) is 0 Å². The first-order valence-electron chi connectivity index (χ1n) is 2.38. The van der Waals surface area contributed by atoms with Crippen LogP contribution in [-0.4, -0.2) is 19.9 Å². The molecule has 0 aromatic carbocycles. The molecule has 0 unspecified atom stereocenters. The van der Waals surface area contributed by atoms with E-state index in [1.165, 1.54) is 0 Å². The molecule has 0 bridgehead atoms. The molecular formula is C4H3F3O4S. The van der Waals surface area contributed by atoms with Gasteiger partial charge in [0.15, 0.2) is 0 Å². The average Bonchev–Trinajstić information content (AvgIpc) is 1.84. The zero-order valence-corrected chi connectivity index (χ0v) is 6.28. The summed E-state index contributed by atoms with van der Waals surface area (Å²) in [5, 5.41) is 0. The number of carbonyl (C=O) groups is 1. The van der Waals surface area contributed by atoms with Gasteiger partial charge in [-0.3, -0.25) is 0 Å². The van der Waals surface area contributed by atoms with Crippen LogP contribution in [0.4, 0.5) is 13.2 Å². The van der Waals surface area contributed by atoms with Crippen molar-refractivity contribution in [1.29, 1.82) is 0 Å². The number of hydrogen-bond acceptors (Lipinski definition) is 4. The van der Waals surface area contributed by atoms with Crippen molar-refractivity contribution >= 4 is 16.1 Å². The van der Waals surface area contributed by atoms with E-state index in [-0.39, 0.29) is 0 Å². The quantitative estimate of drug-likeness (QED) is 0.374. The van der Waals surface area contributed by atoms with E-state index in [1.807, 2.05) is 0 Å². The summed E-state index contributed by atoms with van der Waals surface area (Å²) in [5.74, 6) is -1.67. The second-order valence-electron chi connectivity index (χ2n) is 1.51. The highest BCUT2D eigenvalue weighted by Gasteiger charge is 2.49. The molecule has 0 rings (SSSR count). The SMILES string of the molecule is C=CC(=O)OS(=O)(=O)C(F)(F)F. The largest absolute Gasteiger partial charge is 0.534 e. The van der Waals surface area contributed by atoms with Crippen LogP contribution in [0.3, 0.4) is 0 Å². The molecule has 0 aromatic heterocycles. The zero-order valence-electron chi connectivity index (χ0n) is 5.46. The minimum atomic E-state index is -5.83. The van der Waals surface area contributed by atoms with Crippen molar-refractivity contribution in [2.24, 2.45) is 0 Å². The van der Waals surface area contributed by atoms with E-state index in [0.29, 0.717) is 6.08 Å². The Morgan fingerprint density at radius 3 is 2.08 bits per heavy atom. The van der Waals surface area contributed by atoms with Crippen LogP contribution >= 0.6 is 0 Å². The fourth-order valence-electron chi connectivity index (χ4n) is 0.189. The Morgan fingerprint density at radius 2 is 1.83 bits per heavy atom. The summed E-state index contributed by atoms with van der Waals surface area (Å²) in [7, 11) is -5.83. The van der Waals surface area contributed by atoms with Gasteiger partial charge in [0.1, 0.15) is 0 Å². The molecule has 0 amide bonds. The maximum absolute atomic E-state index is 11.4. The standard InChI is InChI=1S/C4H3F3O4S/c1-2-3(8)11-12(9,10)4(5,6)7/h2H,1H2. The monoisotopic (exact) mass is 204 g/mol. The minimum absolute atomic E-state index is 0.309. The lowest BCUT2D eigenvalue weighted by Crippen LogP contribution is -2.27. The molecule has 0 aliphatic carbocycles. The maximum atomic E-state index is 11.4. The van der Waals surface area contributed by atoms with Gasteiger partial charge in [-0.1, -0.05) is 6.58 Å². The Morgan fingerprint density at radius 1 is 1.42 bits per heavy atom. The number of alkyl halides is 3. The third-order valence-corrected chi connectivity index (χ3v) is 1.59. The third-order valence-electron chi connectivity index (χ3n) is 0.642. The second-order valence-corrected chi connectivity index (χ2v) is 3.04. The first kappa shape index (κ1) is 11.0. The van der Waals surface area contributed by atoms with Crippen LogP contribution in [0.2, 0.25) is 0 Å². The van der Waals surface area contributed by atoms with Gasteiger partial charge in [-0.05, 0) is 0 Å². The number of carbonyl (C=O) groups excluding carboxylic acids is 1. The van der Waals surface area contributed by atoms with Crippen molar-refractivity contribution in [3.63, 3.8) is 0 Å². The van der Waals surface area contributed by atoms with Gasteiger partial charge in [-0.2, -0.15) is 21.6 Å². The Balaban J connectivity index is 4.69. The summed E-state index contributed by atoms with van der Waals surface area (Å²) in [5.41, 5.74) is -5.59. The third kappa shape index (κ3) is 2.53. The number of hydrogen-bond donors (Lipinski definition) is 0. The summed E-state index contributed by atoms with van der Waals surface area (Å²) >= 11 is 0. The first-order valence-corrected chi connectivity index (χ1v) is 3.78. The summed E-state index contributed by atoms with van der Waals surface area (Å²) in [6.45, 7) is 2.72. The predicted molar refractivity (Wildman–Crippen MR) is 31.3 cm³/mol. The van der Waals surface area contributed by atoms with Gasteiger partial charge in [0, 0.05) is 6.08 Å². The van der Waals surface area contributed by atoms with E-state index in [0.717, 1.165) is 0 Å². The number of halogens is 3. The minimum Gasteiger partial charge on any atom is -0.335 e. The van der Waals surface area contributed by atoms with E-state index in [2.05, 4.69) is 10.8 Å². The Hall–Kier alpha value is -1.05. The van der Waals surface area contributed by atoms with Gasteiger partial charge in [0.05, 0.1) is 0 Å². The highest BCUT2D eigenvalue weighted by atomic mass is 32.2. The lowest BCUT2D eigenvalue weighted by molar-refractivity contribution is -0.130. The molecule has 0 aromatic rings. The second kappa shape index (κ2) is 3.13. The van der Waals surface area contributed by atoms with Crippen LogP contribution in [0.5, 0.6) is 0 Å². The van der Waals surface area contributed by atoms with Gasteiger partial charge in [0.2, 0.25) is 0 Å². The van der Waals surface area contributed by atoms with Gasteiger partial charge in [0.25, 0.3) is 0 Å². The molecular weight excluding hydrogens is 201 g/mol. The van der Waals surface area contributed by atoms with Gasteiger partial charge in [-0.15, -0.1) is 0 Å². The van der Waals surface area contributed by atoms with Gasteiger partial charge >= 0.3 is 21.6 Å². The summed E-state index contributed by atoms with van der Waals surface area (Å²) in [4.78, 5) is 10.1. The zero-order chi connectivity index (χ0) is 9.99. The smallest absolute Gasteiger partial charge is 0.335 e. The molecule has 0 N–H and O–H groups in total. The Labute approximate surface area is 65.8 Å². The van der Waals surface area contributed by atoms with Crippen LogP contribution in [0.25, 0.3) is 0 Å². The van der Waals surface area contributed by atoms with Gasteiger partial charge < -0.3 is 4.18 Å². The van der Waals surface area contributed by atoms with Crippen LogP contribution in [0.1, 0.15) is 0 Å². The lowest BCUT2D eigenvalue weighted by atomic mass is 10.7. The highest BCUT2D eigenvalue weighted by molar-refractivity contribution is 7.88. The van der Waals surface area contributed by atoms with Crippen LogP contribution in [0, 0.1) is 0 Å². The normalized spacial score (nSPS) is 12.2. The molecule has 0 saturated heterocycles. The Bertz CT molecular complexity index is 288. The molecule has 12 heavy (non-hydrogen) atoms. The molecule has 0 heterocycles. The van der Waals surface area contributed by atoms with Crippen molar-refractivity contribution in [3.8, 4) is 0 Å². The predicted octanol–water partition coefficient (Wildman–Crippen LogP) is 0.565. The molecule has 4 nitrogen and oxygen atoms in total. The molecule has 0 spiro atoms. The molecule has 0 aliphatic rings.